The van der Waals surface area contributed by atoms with Gasteiger partial charge in [-0.3, -0.25) is 20.0 Å². The number of carbonyl (C=O) groups excluding carboxylic acids is 1. The molecule has 2 aliphatic rings. The summed E-state index contributed by atoms with van der Waals surface area (Å²) in [6, 6.07) is 22.5. The SMILES string of the molecule is O=C(C1=NN(c2cc(-c3ccccc3)n[nH]2)C(c2ccc3c(c2)OCO3)C1[N+](=O)[O-])c1cc2ccccc2o1. The molecule has 0 bridgehead atoms. The molecule has 0 fully saturated rings. The quantitative estimate of drug-likeness (QED) is 0.187. The Hall–Kier alpha value is -5.45. The molecule has 7 rings (SSSR count). The number of aromatic amines is 1. The van der Waals surface area contributed by atoms with Crippen LogP contribution in [0.3, 0.4) is 0 Å². The van der Waals surface area contributed by atoms with Gasteiger partial charge in [-0.15, -0.1) is 0 Å². The minimum Gasteiger partial charge on any atom is -0.454 e. The Balaban J connectivity index is 1.35. The molecule has 192 valence electrons. The predicted octanol–water partition coefficient (Wildman–Crippen LogP) is 5.00. The van der Waals surface area contributed by atoms with Crippen LogP contribution in [0.15, 0.2) is 94.4 Å². The molecule has 5 aromatic rings. The van der Waals surface area contributed by atoms with Crippen molar-refractivity contribution < 1.29 is 23.6 Å². The zero-order chi connectivity index (χ0) is 26.5. The van der Waals surface area contributed by atoms with Gasteiger partial charge >= 0.3 is 0 Å². The lowest BCUT2D eigenvalue weighted by molar-refractivity contribution is -0.505. The average Bonchev–Trinajstić information content (AvgIpc) is 3.76. The number of ether oxygens (including phenoxy) is 2. The molecule has 39 heavy (non-hydrogen) atoms. The number of carbonyl (C=O) groups is 1. The number of nitro groups is 1. The number of hydrogen-bond donors (Lipinski definition) is 1. The molecule has 1 N–H and O–H groups in total. The molecule has 0 saturated heterocycles. The van der Waals surface area contributed by atoms with Gasteiger partial charge in [0.05, 0.1) is 5.69 Å². The van der Waals surface area contributed by atoms with Crippen LogP contribution in [0.25, 0.3) is 22.2 Å². The molecule has 11 nitrogen and oxygen atoms in total. The number of rotatable bonds is 6. The summed E-state index contributed by atoms with van der Waals surface area (Å²) in [5.41, 5.74) is 2.25. The number of fused-ring (bicyclic) bond motifs is 2. The number of aromatic nitrogens is 2. The van der Waals surface area contributed by atoms with Crippen LogP contribution < -0.4 is 14.5 Å². The normalized spacial score (nSPS) is 17.9. The first-order valence-corrected chi connectivity index (χ1v) is 12.1. The summed E-state index contributed by atoms with van der Waals surface area (Å²) in [5, 5.41) is 26.6. The molecule has 2 aliphatic heterocycles. The second kappa shape index (κ2) is 8.84. The van der Waals surface area contributed by atoms with E-state index in [0.717, 1.165) is 5.56 Å². The van der Waals surface area contributed by atoms with E-state index in [1.165, 1.54) is 5.01 Å². The van der Waals surface area contributed by atoms with Gasteiger partial charge in [-0.1, -0.05) is 54.6 Å². The number of hydrogen-bond acceptors (Lipinski definition) is 9. The molecular formula is C28H19N5O6. The molecule has 0 radical (unpaired) electrons. The van der Waals surface area contributed by atoms with Gasteiger partial charge in [0.1, 0.15) is 11.4 Å². The molecule has 0 amide bonds. The van der Waals surface area contributed by atoms with E-state index >= 15 is 0 Å². The van der Waals surface area contributed by atoms with Crippen molar-refractivity contribution in [2.24, 2.45) is 5.10 Å². The Morgan fingerprint density at radius 2 is 1.77 bits per heavy atom. The topological polar surface area (TPSA) is 136 Å². The van der Waals surface area contributed by atoms with Crippen molar-refractivity contribution in [2.75, 3.05) is 11.8 Å². The first kappa shape index (κ1) is 22.7. The van der Waals surface area contributed by atoms with E-state index in [2.05, 4.69) is 15.3 Å². The molecular weight excluding hydrogens is 502 g/mol. The highest BCUT2D eigenvalue weighted by Crippen LogP contribution is 2.42. The first-order valence-electron chi connectivity index (χ1n) is 12.1. The molecule has 3 aromatic carbocycles. The molecule has 0 spiro atoms. The zero-order valence-corrected chi connectivity index (χ0v) is 20.2. The third-order valence-electron chi connectivity index (χ3n) is 6.79. The van der Waals surface area contributed by atoms with E-state index < -0.39 is 22.8 Å². The molecule has 2 unspecified atom stereocenters. The van der Waals surface area contributed by atoms with Crippen LogP contribution in [-0.2, 0) is 0 Å². The number of furan rings is 1. The van der Waals surface area contributed by atoms with Crippen molar-refractivity contribution >= 4 is 28.3 Å². The van der Waals surface area contributed by atoms with Crippen LogP contribution in [0.5, 0.6) is 11.5 Å². The van der Waals surface area contributed by atoms with Crippen molar-refractivity contribution in [1.29, 1.82) is 0 Å². The Bertz CT molecular complexity index is 1740. The highest BCUT2D eigenvalue weighted by atomic mass is 16.7. The summed E-state index contributed by atoms with van der Waals surface area (Å²) >= 11 is 0. The maximum atomic E-state index is 13.7. The summed E-state index contributed by atoms with van der Waals surface area (Å²) in [6.07, 6.45) is 0. The standard InChI is InChI=1S/C28H19N5O6/c34-28(23-12-17-8-4-5-9-20(17)39-23)25-27(33(35)36)26(18-10-11-21-22(13-18)38-15-37-21)32(31-25)24-14-19(29-30-24)16-6-2-1-3-7-16/h1-14,26-27H,15H2,(H,29,30). The van der Waals surface area contributed by atoms with E-state index in [4.69, 9.17) is 13.9 Å². The summed E-state index contributed by atoms with van der Waals surface area (Å²) in [7, 11) is 0. The van der Waals surface area contributed by atoms with Crippen molar-refractivity contribution in [2.45, 2.75) is 12.1 Å². The smallest absolute Gasteiger partial charge is 0.286 e. The molecule has 2 aromatic heterocycles. The summed E-state index contributed by atoms with van der Waals surface area (Å²) < 4.78 is 16.7. The Labute approximate surface area is 220 Å². The first-order chi connectivity index (χ1) is 19.1. The fourth-order valence-corrected chi connectivity index (χ4v) is 4.95. The largest absolute Gasteiger partial charge is 0.454 e. The summed E-state index contributed by atoms with van der Waals surface area (Å²) in [4.78, 5) is 25.8. The van der Waals surface area contributed by atoms with Crippen LogP contribution in [0.2, 0.25) is 0 Å². The van der Waals surface area contributed by atoms with E-state index in [0.29, 0.717) is 39.5 Å². The predicted molar refractivity (Wildman–Crippen MR) is 141 cm³/mol. The average molecular weight is 521 g/mol. The van der Waals surface area contributed by atoms with Gasteiger partial charge in [0.15, 0.2) is 29.0 Å². The van der Waals surface area contributed by atoms with Gasteiger partial charge in [0.25, 0.3) is 11.8 Å². The molecule has 0 saturated carbocycles. The number of nitrogens with zero attached hydrogens (tertiary/aromatic N) is 4. The third-order valence-corrected chi connectivity index (χ3v) is 6.79. The van der Waals surface area contributed by atoms with Gasteiger partial charge in [-0.25, -0.2) is 5.01 Å². The van der Waals surface area contributed by atoms with Crippen molar-refractivity contribution in [3.05, 3.63) is 106 Å². The van der Waals surface area contributed by atoms with Crippen LogP contribution in [0.1, 0.15) is 22.2 Å². The number of para-hydroxylation sites is 1. The maximum Gasteiger partial charge on any atom is 0.286 e. The Kier molecular flexibility index (Phi) is 5.15. The van der Waals surface area contributed by atoms with Crippen molar-refractivity contribution in [1.82, 2.24) is 10.2 Å². The lowest BCUT2D eigenvalue weighted by Gasteiger charge is -2.23. The lowest BCUT2D eigenvalue weighted by Crippen LogP contribution is -2.39. The monoisotopic (exact) mass is 521 g/mol. The van der Waals surface area contributed by atoms with Gasteiger partial charge in [-0.05, 0) is 29.8 Å². The molecule has 11 heteroatoms. The number of Topliss-reactive ketones (excluding diaryl/α,β-unsaturated/α-hetero) is 1. The van der Waals surface area contributed by atoms with Gasteiger partial charge in [0, 0.05) is 21.9 Å². The van der Waals surface area contributed by atoms with Gasteiger partial charge in [-0.2, -0.15) is 10.2 Å². The van der Waals surface area contributed by atoms with Crippen LogP contribution >= 0.6 is 0 Å². The molecule has 4 heterocycles. The highest BCUT2D eigenvalue weighted by molar-refractivity contribution is 6.47. The molecule has 2 atom stereocenters. The number of benzene rings is 3. The Morgan fingerprint density at radius 3 is 2.59 bits per heavy atom. The van der Waals surface area contributed by atoms with Crippen LogP contribution in [0.4, 0.5) is 5.82 Å². The van der Waals surface area contributed by atoms with Gasteiger partial charge < -0.3 is 13.9 Å². The van der Waals surface area contributed by atoms with E-state index in [1.54, 1.807) is 48.5 Å². The summed E-state index contributed by atoms with van der Waals surface area (Å²) in [5.74, 6) is 0.692. The highest BCUT2D eigenvalue weighted by Gasteiger charge is 2.51. The van der Waals surface area contributed by atoms with E-state index in [1.807, 2.05) is 36.4 Å². The zero-order valence-electron chi connectivity index (χ0n) is 20.2. The Morgan fingerprint density at radius 1 is 0.974 bits per heavy atom. The minimum absolute atomic E-state index is 0.0253. The van der Waals surface area contributed by atoms with Crippen molar-refractivity contribution in [3.8, 4) is 22.8 Å². The number of hydrazone groups is 1. The van der Waals surface area contributed by atoms with E-state index in [9.17, 15) is 14.9 Å². The van der Waals surface area contributed by atoms with Gasteiger partial charge in [0.2, 0.25) is 6.79 Å². The lowest BCUT2D eigenvalue weighted by atomic mass is 9.94. The number of nitrogens with one attached hydrogen (secondary N) is 1. The second-order valence-corrected chi connectivity index (χ2v) is 9.10. The minimum atomic E-state index is -1.51. The fourth-order valence-electron chi connectivity index (χ4n) is 4.95. The van der Waals surface area contributed by atoms with Crippen molar-refractivity contribution in [3.63, 3.8) is 0 Å². The number of H-pyrrole nitrogens is 1. The number of ketones is 1. The summed E-state index contributed by atoms with van der Waals surface area (Å²) in [6.45, 7) is 0.0547. The third kappa shape index (κ3) is 3.79. The number of anilines is 1. The maximum absolute atomic E-state index is 13.7. The van der Waals surface area contributed by atoms with Crippen LogP contribution in [-0.4, -0.2) is 39.5 Å². The molecule has 0 aliphatic carbocycles. The van der Waals surface area contributed by atoms with E-state index in [-0.39, 0.29) is 18.3 Å². The second-order valence-electron chi connectivity index (χ2n) is 9.10. The fraction of sp³-hybridized carbons (Fsp3) is 0.107. The van der Waals surface area contributed by atoms with Crippen LogP contribution in [0, 0.1) is 10.1 Å².